The van der Waals surface area contributed by atoms with Gasteiger partial charge in [-0.1, -0.05) is 55.5 Å². The lowest BCUT2D eigenvalue weighted by atomic mass is 9.87. The predicted molar refractivity (Wildman–Crippen MR) is 62.3 cm³/mol. The van der Waals surface area contributed by atoms with E-state index in [0.717, 1.165) is 0 Å². The van der Waals surface area contributed by atoms with Gasteiger partial charge in [0.05, 0.1) is 0 Å². The zero-order valence-electron chi connectivity index (χ0n) is 8.97. The number of carbonyl (C=O) groups excluding carboxylic acids is 1. The lowest BCUT2D eigenvalue weighted by Gasteiger charge is -2.15. The van der Waals surface area contributed by atoms with Crippen LogP contribution in [0.2, 0.25) is 0 Å². The second-order valence-corrected chi connectivity index (χ2v) is 4.24. The summed E-state index contributed by atoms with van der Waals surface area (Å²) in [5.74, 6) is 1.11. The van der Waals surface area contributed by atoms with Crippen LogP contribution in [0.3, 0.4) is 0 Å². The first kappa shape index (κ1) is 10.2. The monoisotopic (exact) mass is 200 g/mol. The highest BCUT2D eigenvalue weighted by molar-refractivity contribution is 5.82. The van der Waals surface area contributed by atoms with Crippen molar-refractivity contribution in [2.24, 2.45) is 17.8 Å². The maximum atomic E-state index is 12.0. The summed E-state index contributed by atoms with van der Waals surface area (Å²) in [7, 11) is 0. The molecule has 1 nitrogen and oxygen atoms in total. The van der Waals surface area contributed by atoms with Crippen LogP contribution < -0.4 is 0 Å². The molecule has 78 valence electrons. The normalized spacial score (nSPS) is 21.7. The van der Waals surface area contributed by atoms with Gasteiger partial charge in [0.15, 0.2) is 0 Å². The maximum absolute atomic E-state index is 12.0. The molecule has 2 aliphatic rings. The fraction of sp³-hybridized carbons (Fsp3) is 0.357. The van der Waals surface area contributed by atoms with Gasteiger partial charge in [0, 0.05) is 24.2 Å². The van der Waals surface area contributed by atoms with Crippen LogP contribution in [0.1, 0.15) is 13.3 Å². The van der Waals surface area contributed by atoms with E-state index in [1.165, 1.54) is 0 Å². The minimum absolute atomic E-state index is 0.113. The van der Waals surface area contributed by atoms with Gasteiger partial charge in [-0.3, -0.25) is 4.79 Å². The summed E-state index contributed by atoms with van der Waals surface area (Å²) in [4.78, 5) is 12.0. The van der Waals surface area contributed by atoms with Crippen molar-refractivity contribution in [3.63, 3.8) is 0 Å². The number of carbonyl (C=O) groups is 1. The Morgan fingerprint density at radius 1 is 1.07 bits per heavy atom. The minimum Gasteiger partial charge on any atom is -0.299 e. The lowest BCUT2D eigenvalue weighted by Crippen LogP contribution is -2.19. The van der Waals surface area contributed by atoms with E-state index in [-0.39, 0.29) is 5.92 Å². The number of ketones is 1. The van der Waals surface area contributed by atoms with Crippen LogP contribution in [0.15, 0.2) is 48.6 Å². The largest absolute Gasteiger partial charge is 0.299 e. The van der Waals surface area contributed by atoms with Crippen molar-refractivity contribution in [1.82, 2.24) is 0 Å². The molecule has 0 bridgehead atoms. The Morgan fingerprint density at radius 2 is 1.60 bits per heavy atom. The number of allylic oxidation sites excluding steroid dienone is 8. The number of hydrogen-bond acceptors (Lipinski definition) is 1. The third kappa shape index (κ3) is 2.35. The molecule has 0 aromatic heterocycles. The van der Waals surface area contributed by atoms with E-state index in [1.807, 2.05) is 31.2 Å². The Morgan fingerprint density at radius 3 is 2.20 bits per heavy atom. The van der Waals surface area contributed by atoms with Crippen LogP contribution in [0, 0.1) is 17.8 Å². The van der Waals surface area contributed by atoms with Crippen LogP contribution in [0.4, 0.5) is 0 Å². The zero-order valence-corrected chi connectivity index (χ0v) is 8.97. The van der Waals surface area contributed by atoms with Crippen molar-refractivity contribution in [1.29, 1.82) is 0 Å². The number of Topliss-reactive ketones (excluding diaryl/α,β-unsaturated/α-hetero) is 1. The molecule has 0 saturated carbocycles. The summed E-state index contributed by atoms with van der Waals surface area (Å²) in [6.07, 6.45) is 17.1. The Kier molecular flexibility index (Phi) is 3.00. The number of hydrogen-bond donors (Lipinski definition) is 0. The van der Waals surface area contributed by atoms with E-state index in [4.69, 9.17) is 0 Å². The molecular weight excluding hydrogens is 184 g/mol. The van der Waals surface area contributed by atoms with Crippen molar-refractivity contribution in [3.8, 4) is 0 Å². The predicted octanol–water partition coefficient (Wildman–Crippen LogP) is 3.07. The van der Waals surface area contributed by atoms with E-state index in [2.05, 4.69) is 24.3 Å². The van der Waals surface area contributed by atoms with Gasteiger partial charge >= 0.3 is 0 Å². The fourth-order valence-corrected chi connectivity index (χ4v) is 2.03. The second-order valence-electron chi connectivity index (χ2n) is 4.24. The first-order chi connectivity index (χ1) is 7.27. The summed E-state index contributed by atoms with van der Waals surface area (Å²) in [5, 5.41) is 0. The molecule has 0 spiro atoms. The molecule has 0 N–H and O–H groups in total. The third-order valence-corrected chi connectivity index (χ3v) is 3.13. The van der Waals surface area contributed by atoms with Gasteiger partial charge in [0.2, 0.25) is 0 Å². The molecule has 0 aromatic carbocycles. The quantitative estimate of drug-likeness (QED) is 0.681. The van der Waals surface area contributed by atoms with Gasteiger partial charge in [-0.2, -0.15) is 0 Å². The Labute approximate surface area is 90.9 Å². The van der Waals surface area contributed by atoms with E-state index in [0.29, 0.717) is 24.0 Å². The van der Waals surface area contributed by atoms with Gasteiger partial charge in [-0.25, -0.2) is 0 Å². The van der Waals surface area contributed by atoms with Crippen molar-refractivity contribution in [2.75, 3.05) is 0 Å². The second kappa shape index (κ2) is 4.43. The molecule has 0 aromatic rings. The minimum atomic E-state index is 0.113. The summed E-state index contributed by atoms with van der Waals surface area (Å²) < 4.78 is 0. The summed E-state index contributed by atoms with van der Waals surface area (Å²) in [6, 6.07) is 0. The number of rotatable bonds is 4. The van der Waals surface area contributed by atoms with Crippen molar-refractivity contribution >= 4 is 5.78 Å². The third-order valence-electron chi connectivity index (χ3n) is 3.13. The Hall–Kier alpha value is -1.37. The summed E-state index contributed by atoms with van der Waals surface area (Å²) in [6.45, 7) is 2.02. The van der Waals surface area contributed by atoms with Crippen LogP contribution in [-0.4, -0.2) is 5.78 Å². The molecule has 15 heavy (non-hydrogen) atoms. The highest BCUT2D eigenvalue weighted by Crippen LogP contribution is 2.24. The molecule has 0 saturated heterocycles. The molecule has 0 amide bonds. The molecule has 1 unspecified atom stereocenters. The molecule has 2 aliphatic carbocycles. The molecule has 0 fully saturated rings. The molecular formula is C14H16O. The zero-order chi connectivity index (χ0) is 10.7. The van der Waals surface area contributed by atoms with Gasteiger partial charge in [-0.05, 0) is 0 Å². The SMILES string of the molecule is CC(C(=O)CC1C=CC=C1)C1C=CC=C1. The molecule has 0 aliphatic heterocycles. The molecule has 1 atom stereocenters. The summed E-state index contributed by atoms with van der Waals surface area (Å²) >= 11 is 0. The lowest BCUT2D eigenvalue weighted by molar-refractivity contribution is -0.123. The van der Waals surface area contributed by atoms with Gasteiger partial charge in [0.25, 0.3) is 0 Å². The van der Waals surface area contributed by atoms with Crippen LogP contribution in [0.5, 0.6) is 0 Å². The molecule has 0 radical (unpaired) electrons. The summed E-state index contributed by atoms with van der Waals surface area (Å²) in [5.41, 5.74) is 0. The van der Waals surface area contributed by atoms with Gasteiger partial charge in [-0.15, -0.1) is 0 Å². The molecule has 0 heterocycles. The van der Waals surface area contributed by atoms with E-state index in [1.54, 1.807) is 0 Å². The van der Waals surface area contributed by atoms with Crippen molar-refractivity contribution in [2.45, 2.75) is 13.3 Å². The van der Waals surface area contributed by atoms with Crippen molar-refractivity contribution in [3.05, 3.63) is 48.6 Å². The van der Waals surface area contributed by atoms with E-state index >= 15 is 0 Å². The highest BCUT2D eigenvalue weighted by Gasteiger charge is 2.22. The topological polar surface area (TPSA) is 17.1 Å². The van der Waals surface area contributed by atoms with Gasteiger partial charge in [0.1, 0.15) is 5.78 Å². The molecule has 2 rings (SSSR count). The Bertz CT molecular complexity index is 334. The first-order valence-corrected chi connectivity index (χ1v) is 5.50. The van der Waals surface area contributed by atoms with E-state index in [9.17, 15) is 4.79 Å². The maximum Gasteiger partial charge on any atom is 0.137 e. The average Bonchev–Trinajstić information content (AvgIpc) is 2.88. The highest BCUT2D eigenvalue weighted by atomic mass is 16.1. The van der Waals surface area contributed by atoms with Crippen LogP contribution >= 0.6 is 0 Å². The standard InChI is InChI=1S/C14H16O/c1-11(13-8-4-5-9-13)14(15)10-12-6-2-3-7-12/h2-9,11-13H,10H2,1H3. The first-order valence-electron chi connectivity index (χ1n) is 5.50. The average molecular weight is 200 g/mol. The van der Waals surface area contributed by atoms with Gasteiger partial charge < -0.3 is 0 Å². The molecule has 1 heteroatoms. The Balaban J connectivity index is 1.89. The fourth-order valence-electron chi connectivity index (χ4n) is 2.03. The van der Waals surface area contributed by atoms with Crippen LogP contribution in [-0.2, 0) is 4.79 Å². The van der Waals surface area contributed by atoms with E-state index < -0.39 is 0 Å². The smallest absolute Gasteiger partial charge is 0.137 e. The van der Waals surface area contributed by atoms with Crippen molar-refractivity contribution < 1.29 is 4.79 Å². The van der Waals surface area contributed by atoms with Crippen LogP contribution in [0.25, 0.3) is 0 Å².